The molecule has 6 nitrogen and oxygen atoms in total. The number of pyridine rings is 1. The Morgan fingerprint density at radius 3 is 2.20 bits per heavy atom. The average Bonchev–Trinajstić information content (AvgIpc) is 2.62. The monoisotopic (exact) mass is 423 g/mol. The smallest absolute Gasteiger partial charge is 0.364 e. The molecule has 0 aliphatic carbocycles. The minimum Gasteiger partial charge on any atom is -0.493 e. The molecule has 0 aliphatic heterocycles. The van der Waals surface area contributed by atoms with E-state index in [-0.39, 0.29) is 43.0 Å². The number of rotatable bonds is 4. The third kappa shape index (κ3) is 4.10. The molecule has 1 heterocycles. The standard InChI is InChI=1S/C15H9Cl4NO5/c1-23-8-5-6(14(21)24-2)3-4-7(8)25-15(22)12-10(17)9(16)11(18)13(19)20-12/h3-5H,1-2H3. The summed E-state index contributed by atoms with van der Waals surface area (Å²) in [5.41, 5.74) is -0.104. The number of halogens is 4. The largest absolute Gasteiger partial charge is 0.493 e. The summed E-state index contributed by atoms with van der Waals surface area (Å²) in [5, 5.41) is -0.601. The number of esters is 2. The van der Waals surface area contributed by atoms with Crippen molar-refractivity contribution < 1.29 is 23.8 Å². The molecule has 25 heavy (non-hydrogen) atoms. The molecule has 1 aromatic heterocycles. The van der Waals surface area contributed by atoms with Crippen molar-refractivity contribution in [2.45, 2.75) is 0 Å². The third-order valence-electron chi connectivity index (χ3n) is 2.97. The minimum absolute atomic E-state index is 0.0280. The van der Waals surface area contributed by atoms with Gasteiger partial charge < -0.3 is 14.2 Å². The molecule has 2 aromatic rings. The van der Waals surface area contributed by atoms with Crippen LogP contribution >= 0.6 is 46.4 Å². The molecule has 1 aromatic carbocycles. The van der Waals surface area contributed by atoms with Crippen molar-refractivity contribution in [3.05, 3.63) is 49.7 Å². The van der Waals surface area contributed by atoms with E-state index in [2.05, 4.69) is 9.72 Å². The van der Waals surface area contributed by atoms with Gasteiger partial charge in [0.1, 0.15) is 5.15 Å². The van der Waals surface area contributed by atoms with E-state index in [1.807, 2.05) is 0 Å². The van der Waals surface area contributed by atoms with Crippen molar-refractivity contribution in [3.63, 3.8) is 0 Å². The lowest BCUT2D eigenvalue weighted by atomic mass is 10.2. The lowest BCUT2D eigenvalue weighted by Crippen LogP contribution is -2.13. The summed E-state index contributed by atoms with van der Waals surface area (Å²) >= 11 is 23.5. The van der Waals surface area contributed by atoms with Crippen LogP contribution in [-0.2, 0) is 4.74 Å². The summed E-state index contributed by atoms with van der Waals surface area (Å²) in [4.78, 5) is 27.6. The predicted octanol–water partition coefficient (Wildman–Crippen LogP) is 4.71. The van der Waals surface area contributed by atoms with Crippen LogP contribution in [-0.4, -0.2) is 31.1 Å². The van der Waals surface area contributed by atoms with Crippen LogP contribution in [0.1, 0.15) is 20.8 Å². The van der Waals surface area contributed by atoms with E-state index in [9.17, 15) is 9.59 Å². The molecule has 0 N–H and O–H groups in total. The molecule has 0 radical (unpaired) electrons. The lowest BCUT2D eigenvalue weighted by Gasteiger charge is -2.11. The predicted molar refractivity (Wildman–Crippen MR) is 93.6 cm³/mol. The van der Waals surface area contributed by atoms with Crippen molar-refractivity contribution in [2.75, 3.05) is 14.2 Å². The summed E-state index contributed by atoms with van der Waals surface area (Å²) in [7, 11) is 2.58. The highest BCUT2D eigenvalue weighted by atomic mass is 35.5. The zero-order valence-corrected chi connectivity index (χ0v) is 15.8. The molecule has 2 rings (SSSR count). The Kier molecular flexibility index (Phi) is 6.35. The first-order valence-corrected chi connectivity index (χ1v) is 7.99. The number of hydrogen-bond acceptors (Lipinski definition) is 6. The van der Waals surface area contributed by atoms with Gasteiger partial charge >= 0.3 is 11.9 Å². The Hall–Kier alpha value is -1.73. The molecule has 0 saturated carbocycles. The second-order valence-corrected chi connectivity index (χ2v) is 5.93. The maximum atomic E-state index is 12.3. The lowest BCUT2D eigenvalue weighted by molar-refractivity contribution is 0.0600. The zero-order valence-electron chi connectivity index (χ0n) is 12.7. The van der Waals surface area contributed by atoms with Crippen molar-refractivity contribution in [3.8, 4) is 11.5 Å². The highest BCUT2D eigenvalue weighted by Gasteiger charge is 2.23. The quantitative estimate of drug-likeness (QED) is 0.402. The molecule has 132 valence electrons. The molecular weight excluding hydrogens is 416 g/mol. The van der Waals surface area contributed by atoms with Gasteiger partial charge in [-0.2, -0.15) is 0 Å². The Balaban J connectivity index is 2.37. The number of ether oxygens (including phenoxy) is 3. The topological polar surface area (TPSA) is 74.7 Å². The Labute approximate surface area is 162 Å². The van der Waals surface area contributed by atoms with Gasteiger partial charge in [0.15, 0.2) is 17.2 Å². The molecule has 0 amide bonds. The van der Waals surface area contributed by atoms with Crippen LogP contribution in [0.5, 0.6) is 11.5 Å². The number of benzene rings is 1. The highest BCUT2D eigenvalue weighted by Crippen LogP contribution is 2.37. The maximum absolute atomic E-state index is 12.3. The molecule has 10 heteroatoms. The number of methoxy groups -OCH3 is 2. The van der Waals surface area contributed by atoms with Crippen LogP contribution in [0.15, 0.2) is 18.2 Å². The fraction of sp³-hybridized carbons (Fsp3) is 0.133. The molecule has 0 bridgehead atoms. The van der Waals surface area contributed by atoms with Gasteiger partial charge in [0.05, 0.1) is 34.9 Å². The van der Waals surface area contributed by atoms with Crippen LogP contribution in [0.25, 0.3) is 0 Å². The van der Waals surface area contributed by atoms with Gasteiger partial charge in [-0.15, -0.1) is 0 Å². The molecular formula is C15H9Cl4NO5. The van der Waals surface area contributed by atoms with Crippen LogP contribution in [0.3, 0.4) is 0 Å². The minimum atomic E-state index is -0.936. The van der Waals surface area contributed by atoms with Crippen molar-refractivity contribution in [1.82, 2.24) is 4.98 Å². The van der Waals surface area contributed by atoms with Crippen LogP contribution in [0, 0.1) is 0 Å². The summed E-state index contributed by atoms with van der Waals surface area (Å²) in [6.07, 6.45) is 0. The van der Waals surface area contributed by atoms with E-state index in [1.165, 1.54) is 32.4 Å². The fourth-order valence-corrected chi connectivity index (χ4v) is 2.57. The number of carbonyl (C=O) groups is 2. The SMILES string of the molecule is COC(=O)c1ccc(OC(=O)c2nc(Cl)c(Cl)c(Cl)c2Cl)c(OC)c1. The zero-order chi connectivity index (χ0) is 18.7. The highest BCUT2D eigenvalue weighted by molar-refractivity contribution is 6.52. The van der Waals surface area contributed by atoms with Gasteiger partial charge in [0.2, 0.25) is 0 Å². The number of hydrogen-bond donors (Lipinski definition) is 0. The van der Waals surface area contributed by atoms with E-state index in [1.54, 1.807) is 0 Å². The maximum Gasteiger partial charge on any atom is 0.364 e. The van der Waals surface area contributed by atoms with Crippen LogP contribution in [0.4, 0.5) is 0 Å². The second kappa shape index (κ2) is 8.10. The molecule has 0 atom stereocenters. The Bertz CT molecular complexity index is 856. The van der Waals surface area contributed by atoms with Crippen molar-refractivity contribution in [1.29, 1.82) is 0 Å². The second-order valence-electron chi connectivity index (χ2n) is 4.44. The van der Waals surface area contributed by atoms with Gasteiger partial charge in [-0.25, -0.2) is 14.6 Å². The van der Waals surface area contributed by atoms with Crippen molar-refractivity contribution in [2.24, 2.45) is 0 Å². The van der Waals surface area contributed by atoms with Gasteiger partial charge in [-0.05, 0) is 18.2 Å². The third-order valence-corrected chi connectivity index (χ3v) is 4.64. The van der Waals surface area contributed by atoms with Gasteiger partial charge in [0.25, 0.3) is 0 Å². The van der Waals surface area contributed by atoms with E-state index in [0.717, 1.165) is 0 Å². The van der Waals surface area contributed by atoms with E-state index >= 15 is 0 Å². The molecule has 0 spiro atoms. The van der Waals surface area contributed by atoms with Gasteiger partial charge in [-0.3, -0.25) is 0 Å². The number of nitrogens with zero attached hydrogens (tertiary/aromatic N) is 1. The first-order valence-electron chi connectivity index (χ1n) is 6.48. The van der Waals surface area contributed by atoms with E-state index in [0.29, 0.717) is 0 Å². The van der Waals surface area contributed by atoms with E-state index < -0.39 is 11.9 Å². The first kappa shape index (κ1) is 19.6. The van der Waals surface area contributed by atoms with Crippen LogP contribution in [0.2, 0.25) is 20.2 Å². The summed E-state index contributed by atoms with van der Waals surface area (Å²) in [5.74, 6) is -1.36. The van der Waals surface area contributed by atoms with Crippen molar-refractivity contribution >= 4 is 58.3 Å². The average molecular weight is 425 g/mol. The molecule has 0 fully saturated rings. The molecule has 0 aliphatic rings. The summed E-state index contributed by atoms with van der Waals surface area (Å²) in [6.45, 7) is 0. The number of carbonyl (C=O) groups excluding carboxylic acids is 2. The van der Waals surface area contributed by atoms with Crippen LogP contribution < -0.4 is 9.47 Å². The van der Waals surface area contributed by atoms with Gasteiger partial charge in [0, 0.05) is 0 Å². The normalized spacial score (nSPS) is 10.3. The Morgan fingerprint density at radius 2 is 1.60 bits per heavy atom. The Morgan fingerprint density at radius 1 is 0.920 bits per heavy atom. The van der Waals surface area contributed by atoms with Gasteiger partial charge in [-0.1, -0.05) is 46.4 Å². The fourth-order valence-electron chi connectivity index (χ4n) is 1.77. The summed E-state index contributed by atoms with van der Waals surface area (Å²) < 4.78 is 14.9. The first-order chi connectivity index (χ1) is 11.8. The number of aromatic nitrogens is 1. The molecule has 0 unspecified atom stereocenters. The molecule has 0 saturated heterocycles. The van der Waals surface area contributed by atoms with E-state index in [4.69, 9.17) is 55.9 Å². The summed E-state index contributed by atoms with van der Waals surface area (Å²) in [6, 6.07) is 4.11.